The number of aromatic amines is 1. The first-order chi connectivity index (χ1) is 9.85. The fourth-order valence-electron chi connectivity index (χ4n) is 2.23. The van der Waals surface area contributed by atoms with E-state index in [4.69, 9.17) is 15.4 Å². The number of aromatic nitrogens is 2. The Morgan fingerprint density at radius 2 is 2.33 bits per heavy atom. The number of hydrogen-bond donors (Lipinski definition) is 3. The number of hydrogen-bond acceptors (Lipinski definition) is 6. The van der Waals surface area contributed by atoms with Gasteiger partial charge < -0.3 is 14.9 Å². The molecule has 1 aliphatic heterocycles. The number of ether oxygens (including phenoxy) is 1. The van der Waals surface area contributed by atoms with Crippen LogP contribution in [0.25, 0.3) is 10.4 Å². The molecule has 1 fully saturated rings. The highest BCUT2D eigenvalue weighted by Gasteiger charge is 2.54. The molecule has 21 heavy (non-hydrogen) atoms. The van der Waals surface area contributed by atoms with Crippen LogP contribution in [0.3, 0.4) is 0 Å². The number of nitrogens with zero attached hydrogens (tertiary/aromatic N) is 4. The molecule has 0 saturated carbocycles. The molecule has 1 saturated heterocycles. The third-order valence-corrected chi connectivity index (χ3v) is 3.37. The van der Waals surface area contributed by atoms with E-state index in [0.29, 0.717) is 10.8 Å². The molecule has 4 atom stereocenters. The van der Waals surface area contributed by atoms with E-state index in [9.17, 15) is 19.1 Å². The van der Waals surface area contributed by atoms with Gasteiger partial charge >= 0.3 is 5.69 Å². The highest BCUT2D eigenvalue weighted by atomic mass is 19.1. The van der Waals surface area contributed by atoms with E-state index in [1.165, 1.54) is 6.92 Å². The van der Waals surface area contributed by atoms with Gasteiger partial charge in [0, 0.05) is 4.91 Å². The average Bonchev–Trinajstić information content (AvgIpc) is 2.67. The zero-order valence-electron chi connectivity index (χ0n) is 10.8. The lowest BCUT2D eigenvalue weighted by atomic mass is 9.93. The van der Waals surface area contributed by atoms with E-state index in [1.54, 1.807) is 4.98 Å². The quantitative estimate of drug-likeness (QED) is 0.371. The molecule has 0 spiro atoms. The summed E-state index contributed by atoms with van der Waals surface area (Å²) in [6.45, 7) is 0.682. The topological polar surface area (TPSA) is 153 Å². The lowest BCUT2D eigenvalue weighted by Gasteiger charge is -2.27. The van der Waals surface area contributed by atoms with Crippen molar-refractivity contribution in [3.05, 3.63) is 43.3 Å². The minimum absolute atomic E-state index is 0.587. The van der Waals surface area contributed by atoms with Gasteiger partial charge in [0.25, 0.3) is 5.56 Å². The molecule has 10 nitrogen and oxygen atoms in total. The van der Waals surface area contributed by atoms with Gasteiger partial charge in [-0.25, -0.2) is 4.79 Å². The second-order valence-corrected chi connectivity index (χ2v) is 4.71. The number of rotatable bonds is 3. The molecule has 3 N–H and O–H groups in total. The van der Waals surface area contributed by atoms with Crippen molar-refractivity contribution < 1.29 is 19.3 Å². The first-order valence-electron chi connectivity index (χ1n) is 5.86. The van der Waals surface area contributed by atoms with Gasteiger partial charge in [0.15, 0.2) is 6.23 Å². The monoisotopic (exact) mass is 301 g/mol. The van der Waals surface area contributed by atoms with Crippen molar-refractivity contribution in [3.63, 3.8) is 0 Å². The second kappa shape index (κ2) is 5.30. The van der Waals surface area contributed by atoms with Crippen LogP contribution in [-0.2, 0) is 4.74 Å². The summed E-state index contributed by atoms with van der Waals surface area (Å²) in [5.74, 6) is -1.25. The molecule has 2 rings (SSSR count). The van der Waals surface area contributed by atoms with E-state index in [0.717, 1.165) is 0 Å². The van der Waals surface area contributed by atoms with Gasteiger partial charge in [0.2, 0.25) is 5.82 Å². The Kier molecular flexibility index (Phi) is 3.83. The standard InChI is InChI=1S/C10H12FN5O5/c1-10(14-15-12)6(18)5(3-17)21-8(10)16-2-4(11)7(19)13-9(16)20/h2,5-6,8,17-18H,3H2,1H3,(H,13,19,20)/t5-,6-,8-,10-/m1/s1. The minimum atomic E-state index is -1.67. The van der Waals surface area contributed by atoms with Crippen molar-refractivity contribution >= 4 is 0 Å². The maximum atomic E-state index is 13.4. The van der Waals surface area contributed by atoms with Gasteiger partial charge in [-0.1, -0.05) is 5.11 Å². The lowest BCUT2D eigenvalue weighted by molar-refractivity contribution is -0.0490. The summed E-state index contributed by atoms with van der Waals surface area (Å²) < 4.78 is 19.3. The normalized spacial score (nSPS) is 31.9. The van der Waals surface area contributed by atoms with Gasteiger partial charge in [0.1, 0.15) is 11.6 Å². The lowest BCUT2D eigenvalue weighted by Crippen LogP contribution is -2.45. The van der Waals surface area contributed by atoms with Crippen LogP contribution in [0, 0.1) is 5.82 Å². The zero-order valence-corrected chi connectivity index (χ0v) is 10.8. The van der Waals surface area contributed by atoms with Crippen LogP contribution in [0.2, 0.25) is 0 Å². The number of azide groups is 1. The number of aliphatic hydroxyl groups is 2. The molecule has 0 amide bonds. The van der Waals surface area contributed by atoms with Gasteiger partial charge in [-0.15, -0.1) is 0 Å². The van der Waals surface area contributed by atoms with E-state index >= 15 is 0 Å². The predicted molar refractivity (Wildman–Crippen MR) is 65.8 cm³/mol. The molecular weight excluding hydrogens is 289 g/mol. The van der Waals surface area contributed by atoms with Crippen molar-refractivity contribution in [2.75, 3.05) is 6.61 Å². The van der Waals surface area contributed by atoms with Crippen molar-refractivity contribution in [2.45, 2.75) is 30.9 Å². The molecule has 0 aliphatic carbocycles. The zero-order chi connectivity index (χ0) is 15.8. The Balaban J connectivity index is 2.61. The summed E-state index contributed by atoms with van der Waals surface area (Å²) in [5, 5.41) is 22.6. The molecule has 1 aliphatic rings. The van der Waals surface area contributed by atoms with Crippen LogP contribution in [0.4, 0.5) is 4.39 Å². The second-order valence-electron chi connectivity index (χ2n) is 4.71. The van der Waals surface area contributed by atoms with Crippen LogP contribution < -0.4 is 11.2 Å². The van der Waals surface area contributed by atoms with Gasteiger partial charge in [-0.3, -0.25) is 14.3 Å². The maximum absolute atomic E-state index is 13.4. The fourth-order valence-corrected chi connectivity index (χ4v) is 2.23. The van der Waals surface area contributed by atoms with Gasteiger partial charge in [-0.2, -0.15) is 4.39 Å². The number of halogens is 1. The molecule has 0 aromatic carbocycles. The van der Waals surface area contributed by atoms with Gasteiger partial charge in [-0.05, 0) is 12.5 Å². The Morgan fingerprint density at radius 1 is 1.67 bits per heavy atom. The van der Waals surface area contributed by atoms with Crippen molar-refractivity contribution in [1.29, 1.82) is 0 Å². The summed E-state index contributed by atoms with van der Waals surface area (Å²) in [6.07, 6.45) is -3.36. The molecule has 0 unspecified atom stereocenters. The highest BCUT2D eigenvalue weighted by molar-refractivity contribution is 5.06. The summed E-state index contributed by atoms with van der Waals surface area (Å²) in [6, 6.07) is 0. The van der Waals surface area contributed by atoms with Crippen molar-refractivity contribution in [2.24, 2.45) is 5.11 Å². The summed E-state index contributed by atoms with van der Waals surface area (Å²) in [4.78, 5) is 27.1. The van der Waals surface area contributed by atoms with Crippen LogP contribution in [-0.4, -0.2) is 44.1 Å². The molecule has 2 heterocycles. The molecule has 0 radical (unpaired) electrons. The van der Waals surface area contributed by atoms with Crippen molar-refractivity contribution in [3.8, 4) is 0 Å². The SMILES string of the molecule is C[C@@]1(N=[N+]=[N-])[C@H](O)[C@@H](CO)O[C@H]1n1cc(F)c(=O)[nH]c1=O. The summed E-state index contributed by atoms with van der Waals surface area (Å²) >= 11 is 0. The molecular formula is C10H12FN5O5. The number of nitrogens with one attached hydrogen (secondary N) is 1. The third-order valence-electron chi connectivity index (χ3n) is 3.37. The molecule has 1 aromatic heterocycles. The van der Waals surface area contributed by atoms with Crippen molar-refractivity contribution in [1.82, 2.24) is 9.55 Å². The largest absolute Gasteiger partial charge is 0.394 e. The minimum Gasteiger partial charge on any atom is -0.394 e. The first kappa shape index (κ1) is 15.2. The Morgan fingerprint density at radius 3 is 2.90 bits per heavy atom. The average molecular weight is 301 g/mol. The van der Waals surface area contributed by atoms with Crippen LogP contribution in [0.15, 0.2) is 20.9 Å². The maximum Gasteiger partial charge on any atom is 0.330 e. The first-order valence-corrected chi connectivity index (χ1v) is 5.86. The van der Waals surface area contributed by atoms with Crippen LogP contribution in [0.5, 0.6) is 0 Å². The number of H-pyrrole nitrogens is 1. The third kappa shape index (κ3) is 2.32. The molecule has 114 valence electrons. The number of aliphatic hydroxyl groups excluding tert-OH is 2. The molecule has 1 aromatic rings. The predicted octanol–water partition coefficient (Wildman–Crippen LogP) is -1.00. The van der Waals surface area contributed by atoms with Gasteiger partial charge in [0.05, 0.1) is 18.9 Å². The van der Waals surface area contributed by atoms with Crippen LogP contribution in [0.1, 0.15) is 13.2 Å². The summed E-state index contributed by atoms with van der Waals surface area (Å²) in [7, 11) is 0. The highest BCUT2D eigenvalue weighted by Crippen LogP contribution is 2.40. The molecule has 0 bridgehead atoms. The van der Waals surface area contributed by atoms with E-state index in [1.807, 2.05) is 0 Å². The van der Waals surface area contributed by atoms with E-state index in [-0.39, 0.29) is 0 Å². The summed E-state index contributed by atoms with van der Waals surface area (Å²) in [5.41, 5.74) is 4.73. The smallest absolute Gasteiger partial charge is 0.330 e. The fraction of sp³-hybridized carbons (Fsp3) is 0.600. The Hall–Kier alpha value is -2.20. The Bertz CT molecular complexity index is 711. The molecule has 11 heteroatoms. The van der Waals surface area contributed by atoms with Crippen LogP contribution >= 0.6 is 0 Å². The van der Waals surface area contributed by atoms with E-state index < -0.39 is 47.6 Å². The van der Waals surface area contributed by atoms with E-state index in [2.05, 4.69) is 10.0 Å². The Labute approximate surface area is 116 Å².